The molecule has 0 aromatic heterocycles. The summed E-state index contributed by atoms with van der Waals surface area (Å²) in [5, 5.41) is 0. The number of benzene rings is 1. The summed E-state index contributed by atoms with van der Waals surface area (Å²) in [6.07, 6.45) is 4.21. The molecule has 0 spiro atoms. The van der Waals surface area contributed by atoms with Crippen molar-refractivity contribution in [1.29, 1.82) is 0 Å². The van der Waals surface area contributed by atoms with Crippen molar-refractivity contribution in [3.8, 4) is 5.75 Å². The lowest BCUT2D eigenvalue weighted by Crippen LogP contribution is -2.48. The molecule has 1 amide bonds. The van der Waals surface area contributed by atoms with Crippen molar-refractivity contribution in [3.05, 3.63) is 36.0 Å². The zero-order valence-electron chi connectivity index (χ0n) is 17.5. The molecule has 2 fully saturated rings. The highest BCUT2D eigenvalue weighted by atomic mass is 16.7. The highest BCUT2D eigenvalue weighted by molar-refractivity contribution is 5.93. The number of hydrogen-bond donors (Lipinski definition) is 1. The third-order valence-corrected chi connectivity index (χ3v) is 5.68. The molecule has 158 valence electrons. The minimum absolute atomic E-state index is 0.0663. The first-order chi connectivity index (χ1) is 14.1. The Kier molecular flexibility index (Phi) is 6.25. The normalized spacial score (nSPS) is 22.7. The number of para-hydroxylation sites is 2. The molecule has 1 atom stereocenters. The minimum Gasteiger partial charge on any atom is -0.489 e. The number of piperazine rings is 1. The van der Waals surface area contributed by atoms with Gasteiger partial charge in [-0.1, -0.05) is 12.1 Å². The lowest BCUT2D eigenvalue weighted by molar-refractivity contribution is -0.127. The maximum Gasteiger partial charge on any atom is 0.271 e. The Hall–Kier alpha value is -2.25. The first-order valence-corrected chi connectivity index (χ1v) is 10.8. The maximum atomic E-state index is 12.5. The Morgan fingerprint density at radius 3 is 2.59 bits per heavy atom. The molecule has 7 nitrogen and oxygen atoms in total. The Labute approximate surface area is 173 Å². The molecule has 3 aliphatic rings. The lowest BCUT2D eigenvalue weighted by Gasteiger charge is -2.37. The number of likely N-dealkylation sites (tertiary alicyclic amines) is 1. The van der Waals surface area contributed by atoms with Gasteiger partial charge in [0.2, 0.25) is 0 Å². The lowest BCUT2D eigenvalue weighted by atomic mass is 10.2. The van der Waals surface area contributed by atoms with Crippen molar-refractivity contribution in [2.45, 2.75) is 38.9 Å². The summed E-state index contributed by atoms with van der Waals surface area (Å²) in [6.45, 7) is 10.4. The van der Waals surface area contributed by atoms with Gasteiger partial charge in [-0.3, -0.25) is 20.0 Å². The molecule has 3 aliphatic heterocycles. The molecule has 0 saturated carbocycles. The van der Waals surface area contributed by atoms with Gasteiger partial charge in [0.05, 0.1) is 11.8 Å². The van der Waals surface area contributed by atoms with Crippen LogP contribution in [0, 0.1) is 0 Å². The van der Waals surface area contributed by atoms with E-state index >= 15 is 0 Å². The molecular weight excluding hydrogens is 368 g/mol. The number of nitrogens with zero attached hydrogens (tertiary/aromatic N) is 3. The summed E-state index contributed by atoms with van der Waals surface area (Å²) in [7, 11) is 0. The molecule has 0 radical (unpaired) electrons. The van der Waals surface area contributed by atoms with E-state index in [1.807, 2.05) is 23.1 Å². The second kappa shape index (κ2) is 9.05. The Morgan fingerprint density at radius 2 is 1.86 bits per heavy atom. The Balaban J connectivity index is 1.29. The molecule has 29 heavy (non-hydrogen) atoms. The zero-order valence-corrected chi connectivity index (χ0v) is 17.5. The van der Waals surface area contributed by atoms with E-state index in [0.29, 0.717) is 5.70 Å². The molecule has 1 N–H and O–H groups in total. The predicted octanol–water partition coefficient (Wildman–Crippen LogP) is 2.01. The fourth-order valence-electron chi connectivity index (χ4n) is 4.19. The second-order valence-corrected chi connectivity index (χ2v) is 8.26. The maximum absolute atomic E-state index is 12.5. The van der Waals surface area contributed by atoms with Gasteiger partial charge in [-0.2, -0.15) is 0 Å². The molecule has 2 saturated heterocycles. The number of ether oxygens (including phenoxy) is 1. The van der Waals surface area contributed by atoms with Crippen molar-refractivity contribution in [3.63, 3.8) is 0 Å². The third kappa shape index (κ3) is 4.85. The monoisotopic (exact) mass is 400 g/mol. The highest BCUT2D eigenvalue weighted by Crippen LogP contribution is 2.29. The van der Waals surface area contributed by atoms with Crippen molar-refractivity contribution in [1.82, 2.24) is 15.3 Å². The average molecular weight is 401 g/mol. The van der Waals surface area contributed by atoms with Crippen molar-refractivity contribution in [2.24, 2.45) is 0 Å². The quantitative estimate of drug-likeness (QED) is 0.788. The van der Waals surface area contributed by atoms with Crippen LogP contribution in [0.1, 0.15) is 26.7 Å². The Bertz CT molecular complexity index is 737. The van der Waals surface area contributed by atoms with E-state index in [0.717, 1.165) is 70.1 Å². The second-order valence-electron chi connectivity index (χ2n) is 8.26. The van der Waals surface area contributed by atoms with Crippen LogP contribution < -0.4 is 15.1 Å². The minimum atomic E-state index is -0.0836. The molecule has 7 heteroatoms. The number of rotatable bonds is 6. The van der Waals surface area contributed by atoms with Crippen molar-refractivity contribution < 1.29 is 14.4 Å². The van der Waals surface area contributed by atoms with E-state index in [1.165, 1.54) is 0 Å². The van der Waals surface area contributed by atoms with E-state index in [4.69, 9.17) is 9.57 Å². The van der Waals surface area contributed by atoms with E-state index < -0.39 is 0 Å². The first-order valence-electron chi connectivity index (χ1n) is 10.8. The zero-order chi connectivity index (χ0) is 20.2. The van der Waals surface area contributed by atoms with Gasteiger partial charge in [0.15, 0.2) is 0 Å². The van der Waals surface area contributed by atoms with Gasteiger partial charge in [0.1, 0.15) is 17.6 Å². The fraction of sp³-hybridized carbons (Fsp3) is 0.591. The van der Waals surface area contributed by atoms with Crippen LogP contribution in [0.4, 0.5) is 5.69 Å². The van der Waals surface area contributed by atoms with Crippen LogP contribution in [0.25, 0.3) is 0 Å². The highest BCUT2D eigenvalue weighted by Gasteiger charge is 2.29. The van der Waals surface area contributed by atoms with E-state index in [-0.39, 0.29) is 18.1 Å². The average Bonchev–Trinajstić information content (AvgIpc) is 3.41. The number of carbonyl (C=O) groups is 1. The van der Waals surface area contributed by atoms with Crippen LogP contribution in [0.2, 0.25) is 0 Å². The van der Waals surface area contributed by atoms with Crippen molar-refractivity contribution >= 4 is 11.6 Å². The van der Waals surface area contributed by atoms with Crippen LogP contribution in [-0.2, 0) is 9.63 Å². The SMILES string of the molecule is CC(C)Oc1ccccc1N1CCN(CC2C=C(C(=O)N3CCCC3)NO2)CC1. The van der Waals surface area contributed by atoms with Gasteiger partial charge in [0.25, 0.3) is 5.91 Å². The van der Waals surface area contributed by atoms with Gasteiger partial charge in [-0.15, -0.1) is 0 Å². The number of nitrogens with one attached hydrogen (secondary N) is 1. The van der Waals surface area contributed by atoms with Crippen molar-refractivity contribution in [2.75, 3.05) is 50.7 Å². The van der Waals surface area contributed by atoms with E-state index in [9.17, 15) is 4.79 Å². The standard InChI is InChI=1S/C22H32N4O3/c1-17(2)28-21-8-4-3-7-20(21)25-13-11-24(12-14-25)16-18-15-19(23-29-18)22(27)26-9-5-6-10-26/h3-4,7-8,15,17-18,23H,5-6,9-14,16H2,1-2H3. The number of hydrogen-bond acceptors (Lipinski definition) is 6. The molecular formula is C22H32N4O3. The number of hydroxylamine groups is 1. The van der Waals surface area contributed by atoms with Gasteiger partial charge in [-0.25, -0.2) is 0 Å². The summed E-state index contributed by atoms with van der Waals surface area (Å²) >= 11 is 0. The van der Waals surface area contributed by atoms with Crippen LogP contribution >= 0.6 is 0 Å². The summed E-state index contributed by atoms with van der Waals surface area (Å²) in [6, 6.07) is 8.27. The molecule has 1 aromatic rings. The number of carbonyl (C=O) groups excluding carboxylic acids is 1. The summed E-state index contributed by atoms with van der Waals surface area (Å²) < 4.78 is 5.98. The van der Waals surface area contributed by atoms with Gasteiger partial charge >= 0.3 is 0 Å². The largest absolute Gasteiger partial charge is 0.489 e. The number of anilines is 1. The molecule has 4 rings (SSSR count). The summed E-state index contributed by atoms with van der Waals surface area (Å²) in [5.41, 5.74) is 4.61. The number of amides is 1. The summed E-state index contributed by atoms with van der Waals surface area (Å²) in [4.78, 5) is 24.8. The first kappa shape index (κ1) is 20.0. The van der Waals surface area contributed by atoms with Gasteiger partial charge in [-0.05, 0) is 44.9 Å². The Morgan fingerprint density at radius 1 is 1.14 bits per heavy atom. The van der Waals surface area contributed by atoms with Crippen LogP contribution in [0.3, 0.4) is 0 Å². The molecule has 1 aromatic carbocycles. The van der Waals surface area contributed by atoms with Gasteiger partial charge < -0.3 is 14.5 Å². The predicted molar refractivity (Wildman–Crippen MR) is 113 cm³/mol. The topological polar surface area (TPSA) is 57.3 Å². The van der Waals surface area contributed by atoms with Gasteiger partial charge in [0, 0.05) is 45.8 Å². The van der Waals surface area contributed by atoms with Crippen LogP contribution in [0.5, 0.6) is 5.75 Å². The summed E-state index contributed by atoms with van der Waals surface area (Å²) in [5.74, 6) is 1.02. The van der Waals surface area contributed by atoms with E-state index in [2.05, 4.69) is 41.3 Å². The molecule has 1 unspecified atom stereocenters. The molecule has 0 bridgehead atoms. The van der Waals surface area contributed by atoms with E-state index in [1.54, 1.807) is 0 Å². The van der Waals surface area contributed by atoms with Crippen LogP contribution in [-0.4, -0.2) is 73.7 Å². The fourth-order valence-corrected chi connectivity index (χ4v) is 4.19. The third-order valence-electron chi connectivity index (χ3n) is 5.68. The smallest absolute Gasteiger partial charge is 0.271 e. The molecule has 0 aliphatic carbocycles. The molecule has 3 heterocycles. The van der Waals surface area contributed by atoms with Crippen LogP contribution in [0.15, 0.2) is 36.0 Å².